The summed E-state index contributed by atoms with van der Waals surface area (Å²) in [6.45, 7) is 7.77. The topological polar surface area (TPSA) is 41.6 Å². The smallest absolute Gasteiger partial charge is 0.327 e. The van der Waals surface area contributed by atoms with E-state index in [0.717, 1.165) is 12.5 Å². The van der Waals surface area contributed by atoms with Crippen molar-refractivity contribution in [2.75, 3.05) is 27.2 Å². The summed E-state index contributed by atoms with van der Waals surface area (Å²) in [5, 5.41) is 3.32. The van der Waals surface area contributed by atoms with E-state index in [4.69, 9.17) is 4.74 Å². The molecule has 0 spiro atoms. The lowest BCUT2D eigenvalue weighted by molar-refractivity contribution is -0.149. The molecular formula is C13H26N2O2. The van der Waals surface area contributed by atoms with Crippen LogP contribution >= 0.6 is 0 Å². The molecule has 1 atom stereocenters. The summed E-state index contributed by atoms with van der Waals surface area (Å²) in [5.74, 6) is 0.648. The molecule has 1 aliphatic carbocycles. The molecule has 1 aliphatic rings. The first kappa shape index (κ1) is 14.5. The fourth-order valence-electron chi connectivity index (χ4n) is 2.38. The number of hydrogen-bond acceptors (Lipinski definition) is 4. The zero-order chi connectivity index (χ0) is 13.1. The molecule has 0 saturated heterocycles. The highest BCUT2D eigenvalue weighted by Crippen LogP contribution is 2.29. The zero-order valence-electron chi connectivity index (χ0n) is 11.7. The molecule has 4 nitrogen and oxygen atoms in total. The van der Waals surface area contributed by atoms with E-state index in [1.807, 2.05) is 20.8 Å². The number of nitrogens with one attached hydrogen (secondary N) is 1. The molecule has 0 aliphatic heterocycles. The Labute approximate surface area is 105 Å². The van der Waals surface area contributed by atoms with Gasteiger partial charge in [-0.2, -0.15) is 0 Å². The molecule has 4 heteroatoms. The molecule has 1 N–H and O–H groups in total. The van der Waals surface area contributed by atoms with E-state index in [1.165, 1.54) is 20.0 Å². The molecule has 1 unspecified atom stereocenters. The summed E-state index contributed by atoms with van der Waals surface area (Å²) in [6.07, 6.45) is 2.66. The van der Waals surface area contributed by atoms with Crippen molar-refractivity contribution in [1.82, 2.24) is 10.2 Å². The van der Waals surface area contributed by atoms with Crippen LogP contribution in [0.3, 0.4) is 0 Å². The molecular weight excluding hydrogens is 216 g/mol. The van der Waals surface area contributed by atoms with Gasteiger partial charge in [0.1, 0.15) is 5.54 Å². The first-order valence-corrected chi connectivity index (χ1v) is 6.42. The number of nitrogens with zero attached hydrogens (tertiary/aromatic N) is 1. The lowest BCUT2D eigenvalue weighted by Gasteiger charge is -2.34. The number of hydrogen-bond donors (Lipinski definition) is 1. The average molecular weight is 242 g/mol. The Morgan fingerprint density at radius 2 is 2.12 bits per heavy atom. The molecule has 1 rings (SSSR count). The maximum atomic E-state index is 11.9. The minimum Gasteiger partial charge on any atom is -0.468 e. The van der Waals surface area contributed by atoms with Crippen LogP contribution in [0, 0.1) is 5.92 Å². The Bertz CT molecular complexity index is 264. The Hall–Kier alpha value is -0.610. The number of carbonyl (C=O) groups excluding carboxylic acids is 1. The maximum absolute atomic E-state index is 11.9. The van der Waals surface area contributed by atoms with Crippen LogP contribution in [0.4, 0.5) is 0 Å². The van der Waals surface area contributed by atoms with Crippen molar-refractivity contribution in [3.8, 4) is 0 Å². The van der Waals surface area contributed by atoms with Crippen molar-refractivity contribution in [1.29, 1.82) is 0 Å². The summed E-state index contributed by atoms with van der Waals surface area (Å²) in [7, 11) is 3.52. The quantitative estimate of drug-likeness (QED) is 0.682. The largest absolute Gasteiger partial charge is 0.468 e. The van der Waals surface area contributed by atoms with E-state index in [1.54, 1.807) is 0 Å². The van der Waals surface area contributed by atoms with Gasteiger partial charge in [-0.05, 0) is 46.6 Å². The van der Waals surface area contributed by atoms with Crippen molar-refractivity contribution in [3.05, 3.63) is 0 Å². The van der Waals surface area contributed by atoms with Crippen LogP contribution in [-0.4, -0.2) is 49.7 Å². The Balaban J connectivity index is 2.57. The average Bonchev–Trinajstić information content (AvgIpc) is 2.98. The van der Waals surface area contributed by atoms with Crippen LogP contribution in [0.2, 0.25) is 0 Å². The van der Waals surface area contributed by atoms with Gasteiger partial charge in [-0.3, -0.25) is 10.1 Å². The lowest BCUT2D eigenvalue weighted by Crippen LogP contribution is -2.59. The van der Waals surface area contributed by atoms with Crippen LogP contribution in [0.5, 0.6) is 0 Å². The van der Waals surface area contributed by atoms with Crippen LogP contribution in [0.1, 0.15) is 33.6 Å². The van der Waals surface area contributed by atoms with Gasteiger partial charge in [0.2, 0.25) is 0 Å². The monoisotopic (exact) mass is 242 g/mol. The SMILES string of the molecule is COC(=O)C(C)(CN(C)CC1CC1)NC(C)C. The lowest BCUT2D eigenvalue weighted by atomic mass is 10.0. The summed E-state index contributed by atoms with van der Waals surface area (Å²) >= 11 is 0. The Morgan fingerprint density at radius 3 is 2.53 bits per heavy atom. The van der Waals surface area contributed by atoms with Gasteiger partial charge in [-0.1, -0.05) is 0 Å². The van der Waals surface area contributed by atoms with Gasteiger partial charge in [0.25, 0.3) is 0 Å². The van der Waals surface area contributed by atoms with E-state index >= 15 is 0 Å². The third kappa shape index (κ3) is 4.64. The highest BCUT2D eigenvalue weighted by atomic mass is 16.5. The molecule has 100 valence electrons. The second kappa shape index (κ2) is 5.83. The van der Waals surface area contributed by atoms with E-state index in [-0.39, 0.29) is 12.0 Å². The number of likely N-dealkylation sites (N-methyl/N-ethyl adjacent to an activating group) is 1. The van der Waals surface area contributed by atoms with Gasteiger partial charge < -0.3 is 9.64 Å². The van der Waals surface area contributed by atoms with Gasteiger partial charge in [0.15, 0.2) is 0 Å². The summed E-state index contributed by atoms with van der Waals surface area (Å²) in [5.41, 5.74) is -0.618. The van der Waals surface area contributed by atoms with E-state index in [2.05, 4.69) is 17.3 Å². The molecule has 0 radical (unpaired) electrons. The summed E-state index contributed by atoms with van der Waals surface area (Å²) in [4.78, 5) is 14.1. The molecule has 0 bridgehead atoms. The standard InChI is InChI=1S/C13H26N2O2/c1-10(2)14-13(3,12(16)17-5)9-15(4)8-11-6-7-11/h10-11,14H,6-9H2,1-5H3. The Morgan fingerprint density at radius 1 is 1.53 bits per heavy atom. The number of carbonyl (C=O) groups is 1. The fourth-order valence-corrected chi connectivity index (χ4v) is 2.38. The second-order valence-corrected chi connectivity index (χ2v) is 5.76. The number of ether oxygens (including phenoxy) is 1. The highest BCUT2D eigenvalue weighted by molar-refractivity contribution is 5.80. The zero-order valence-corrected chi connectivity index (χ0v) is 11.7. The van der Waals surface area contributed by atoms with Gasteiger partial charge in [0, 0.05) is 19.1 Å². The highest BCUT2D eigenvalue weighted by Gasteiger charge is 2.37. The predicted octanol–water partition coefficient (Wildman–Crippen LogP) is 1.26. The maximum Gasteiger partial charge on any atom is 0.327 e. The third-order valence-electron chi connectivity index (χ3n) is 3.10. The van der Waals surface area contributed by atoms with Gasteiger partial charge in [-0.25, -0.2) is 0 Å². The molecule has 1 saturated carbocycles. The number of methoxy groups -OCH3 is 1. The fraction of sp³-hybridized carbons (Fsp3) is 0.923. The third-order valence-corrected chi connectivity index (χ3v) is 3.10. The van der Waals surface area contributed by atoms with Crippen LogP contribution < -0.4 is 5.32 Å². The predicted molar refractivity (Wildman–Crippen MR) is 68.9 cm³/mol. The molecule has 0 heterocycles. The van der Waals surface area contributed by atoms with Crippen molar-refractivity contribution < 1.29 is 9.53 Å². The summed E-state index contributed by atoms with van der Waals surface area (Å²) < 4.78 is 4.91. The van der Waals surface area contributed by atoms with Crippen molar-refractivity contribution in [2.24, 2.45) is 5.92 Å². The molecule has 0 amide bonds. The Kier molecular flexibility index (Phi) is 4.95. The second-order valence-electron chi connectivity index (χ2n) is 5.76. The normalized spacial score (nSPS) is 19.5. The number of esters is 1. The van der Waals surface area contributed by atoms with Gasteiger partial charge in [0.05, 0.1) is 7.11 Å². The molecule has 17 heavy (non-hydrogen) atoms. The van der Waals surface area contributed by atoms with Crippen molar-refractivity contribution in [2.45, 2.75) is 45.2 Å². The summed E-state index contributed by atoms with van der Waals surface area (Å²) in [6, 6.07) is 0.258. The van der Waals surface area contributed by atoms with Gasteiger partial charge >= 0.3 is 5.97 Å². The minimum atomic E-state index is -0.618. The van der Waals surface area contributed by atoms with Crippen LogP contribution in [-0.2, 0) is 9.53 Å². The van der Waals surface area contributed by atoms with Crippen molar-refractivity contribution in [3.63, 3.8) is 0 Å². The van der Waals surface area contributed by atoms with Gasteiger partial charge in [-0.15, -0.1) is 0 Å². The van der Waals surface area contributed by atoms with E-state index in [0.29, 0.717) is 6.54 Å². The number of rotatable bonds is 7. The first-order valence-electron chi connectivity index (χ1n) is 6.42. The first-order chi connectivity index (χ1) is 7.87. The molecule has 0 aromatic rings. The molecule has 0 aromatic carbocycles. The minimum absolute atomic E-state index is 0.186. The van der Waals surface area contributed by atoms with E-state index < -0.39 is 5.54 Å². The van der Waals surface area contributed by atoms with E-state index in [9.17, 15) is 4.79 Å². The molecule has 0 aromatic heterocycles. The van der Waals surface area contributed by atoms with Crippen LogP contribution in [0.15, 0.2) is 0 Å². The van der Waals surface area contributed by atoms with Crippen molar-refractivity contribution >= 4 is 5.97 Å². The van der Waals surface area contributed by atoms with Crippen LogP contribution in [0.25, 0.3) is 0 Å². The molecule has 1 fully saturated rings.